The molecule has 0 spiro atoms. The molecule has 35 heavy (non-hydrogen) atoms. The second kappa shape index (κ2) is 8.28. The van der Waals surface area contributed by atoms with Gasteiger partial charge in [0.1, 0.15) is 28.9 Å². The molecular formula is C24H23F2N7O2. The highest BCUT2D eigenvalue weighted by atomic mass is 19.1. The number of aryl methyl sites for hydroxylation is 2. The van der Waals surface area contributed by atoms with E-state index in [0.29, 0.717) is 29.5 Å². The van der Waals surface area contributed by atoms with E-state index in [9.17, 15) is 13.9 Å². The minimum atomic E-state index is -1.09. The molecule has 2 atom stereocenters. The minimum absolute atomic E-state index is 0.0914. The van der Waals surface area contributed by atoms with Crippen molar-refractivity contribution >= 4 is 17.1 Å². The third kappa shape index (κ3) is 4.10. The van der Waals surface area contributed by atoms with Gasteiger partial charge < -0.3 is 14.7 Å². The van der Waals surface area contributed by atoms with Gasteiger partial charge in [0.15, 0.2) is 11.9 Å². The van der Waals surface area contributed by atoms with Crippen molar-refractivity contribution in [2.24, 2.45) is 0 Å². The number of rotatable bonds is 4. The number of aliphatic hydroxyl groups excluding tert-OH is 1. The van der Waals surface area contributed by atoms with E-state index in [4.69, 9.17) is 4.74 Å². The summed E-state index contributed by atoms with van der Waals surface area (Å²) in [6.07, 6.45) is 4.36. The first kappa shape index (κ1) is 21.9. The molecule has 3 aromatic heterocycles. The molecule has 1 N–H and O–H groups in total. The Kier molecular flexibility index (Phi) is 5.19. The Morgan fingerprint density at radius 3 is 2.60 bits per heavy atom. The van der Waals surface area contributed by atoms with Crippen molar-refractivity contribution in [3.63, 3.8) is 0 Å². The van der Waals surface area contributed by atoms with Gasteiger partial charge in [-0.3, -0.25) is 4.68 Å². The smallest absolute Gasteiger partial charge is 0.228 e. The SMILES string of the molecule is Cc1nc2nc(N3C[C@H](O)O[C@@H](c4cnn(C5CC5)c4)C3)nc(-c3ccc(F)cc3F)c2nc1C. The molecule has 6 rings (SSSR count). The molecular weight excluding hydrogens is 456 g/mol. The molecule has 0 amide bonds. The Morgan fingerprint density at radius 2 is 1.83 bits per heavy atom. The third-order valence-electron chi connectivity index (χ3n) is 6.40. The van der Waals surface area contributed by atoms with E-state index in [1.165, 1.54) is 12.1 Å². The molecule has 2 aliphatic rings. The first-order valence-corrected chi connectivity index (χ1v) is 11.5. The maximum absolute atomic E-state index is 14.8. The van der Waals surface area contributed by atoms with Crippen LogP contribution in [-0.2, 0) is 4.74 Å². The standard InChI is InChI=1S/C24H23F2N7O2/c1-12-13(2)29-23-22(28-12)21(17-6-3-15(25)7-18(17)26)30-24(31-23)32-10-19(35-20(34)11-32)14-8-27-33(9-14)16-4-5-16/h3,6-9,16,19-20,34H,4-5,10-11H2,1-2H3/t19-,20-/m1/s1. The van der Waals surface area contributed by atoms with Crippen molar-refractivity contribution in [1.82, 2.24) is 29.7 Å². The lowest BCUT2D eigenvalue weighted by Crippen LogP contribution is -2.44. The highest BCUT2D eigenvalue weighted by Crippen LogP contribution is 2.36. The summed E-state index contributed by atoms with van der Waals surface area (Å²) >= 11 is 0. The quantitative estimate of drug-likeness (QED) is 0.475. The molecule has 4 heterocycles. The number of β-amino-alcohol motifs (C(OH)–C–C–N with tert-alkyl or cyclic N) is 1. The van der Waals surface area contributed by atoms with Gasteiger partial charge in [-0.2, -0.15) is 10.1 Å². The van der Waals surface area contributed by atoms with Crippen LogP contribution in [0.1, 0.15) is 41.9 Å². The number of fused-ring (bicyclic) bond motifs is 1. The molecule has 0 radical (unpaired) electrons. The van der Waals surface area contributed by atoms with Crippen LogP contribution in [0, 0.1) is 25.5 Å². The molecule has 0 bridgehead atoms. The van der Waals surface area contributed by atoms with Gasteiger partial charge in [0, 0.05) is 23.4 Å². The van der Waals surface area contributed by atoms with Gasteiger partial charge in [-0.25, -0.2) is 23.7 Å². The fourth-order valence-electron chi connectivity index (χ4n) is 4.26. The highest BCUT2D eigenvalue weighted by Gasteiger charge is 2.32. The van der Waals surface area contributed by atoms with E-state index in [1.807, 2.05) is 17.8 Å². The van der Waals surface area contributed by atoms with Crippen LogP contribution in [0.3, 0.4) is 0 Å². The largest absolute Gasteiger partial charge is 0.366 e. The van der Waals surface area contributed by atoms with E-state index in [-0.39, 0.29) is 29.4 Å². The number of halogens is 2. The van der Waals surface area contributed by atoms with Crippen molar-refractivity contribution in [2.45, 2.75) is 45.1 Å². The number of aliphatic hydroxyl groups is 1. The molecule has 1 aromatic carbocycles. The van der Waals surface area contributed by atoms with Crippen LogP contribution in [-0.4, -0.2) is 54.2 Å². The molecule has 9 nitrogen and oxygen atoms in total. The van der Waals surface area contributed by atoms with Crippen LogP contribution in [0.15, 0.2) is 30.6 Å². The van der Waals surface area contributed by atoms with Gasteiger partial charge in [-0.05, 0) is 38.8 Å². The van der Waals surface area contributed by atoms with Crippen LogP contribution < -0.4 is 4.90 Å². The third-order valence-corrected chi connectivity index (χ3v) is 6.40. The number of nitrogens with zero attached hydrogens (tertiary/aromatic N) is 7. The lowest BCUT2D eigenvalue weighted by Gasteiger charge is -2.35. The predicted molar refractivity (Wildman–Crippen MR) is 122 cm³/mol. The Labute approximate surface area is 199 Å². The normalized spacial score (nSPS) is 20.5. The lowest BCUT2D eigenvalue weighted by molar-refractivity contribution is -0.145. The van der Waals surface area contributed by atoms with Crippen molar-refractivity contribution in [3.05, 3.63) is 59.2 Å². The van der Waals surface area contributed by atoms with Crippen molar-refractivity contribution in [1.29, 1.82) is 0 Å². The van der Waals surface area contributed by atoms with Crippen molar-refractivity contribution in [3.8, 4) is 11.3 Å². The predicted octanol–water partition coefficient (Wildman–Crippen LogP) is 3.41. The number of morpholine rings is 1. The van der Waals surface area contributed by atoms with Crippen LogP contribution in [0.5, 0.6) is 0 Å². The summed E-state index contributed by atoms with van der Waals surface area (Å²) in [4.78, 5) is 20.1. The van der Waals surface area contributed by atoms with Crippen LogP contribution >= 0.6 is 0 Å². The summed E-state index contributed by atoms with van der Waals surface area (Å²) in [6, 6.07) is 3.74. The maximum atomic E-state index is 14.8. The number of benzene rings is 1. The zero-order chi connectivity index (χ0) is 24.3. The number of anilines is 1. The molecule has 1 aliphatic heterocycles. The Balaban J connectivity index is 1.43. The number of hydrogen-bond donors (Lipinski definition) is 1. The monoisotopic (exact) mass is 479 g/mol. The van der Waals surface area contributed by atoms with E-state index in [0.717, 1.165) is 24.5 Å². The summed E-state index contributed by atoms with van der Waals surface area (Å²) < 4.78 is 36.1. The number of aromatic nitrogens is 6. The molecule has 4 aromatic rings. The zero-order valence-corrected chi connectivity index (χ0v) is 19.2. The topological polar surface area (TPSA) is 102 Å². The van der Waals surface area contributed by atoms with Gasteiger partial charge in [0.25, 0.3) is 0 Å². The first-order valence-electron chi connectivity index (χ1n) is 11.5. The fraction of sp³-hybridized carbons (Fsp3) is 0.375. The molecule has 1 saturated carbocycles. The van der Waals surface area contributed by atoms with Gasteiger partial charge in [0.2, 0.25) is 5.95 Å². The molecule has 180 valence electrons. The summed E-state index contributed by atoms with van der Waals surface area (Å²) in [5.74, 6) is -1.20. The molecule has 1 aliphatic carbocycles. The Hall–Kier alpha value is -3.57. The highest BCUT2D eigenvalue weighted by molar-refractivity contribution is 5.88. The summed E-state index contributed by atoms with van der Waals surface area (Å²) in [6.45, 7) is 4.07. The van der Waals surface area contributed by atoms with Crippen molar-refractivity contribution in [2.75, 3.05) is 18.0 Å². The number of hydrogen-bond acceptors (Lipinski definition) is 8. The minimum Gasteiger partial charge on any atom is -0.366 e. The second-order valence-corrected chi connectivity index (χ2v) is 9.03. The van der Waals surface area contributed by atoms with Gasteiger partial charge >= 0.3 is 0 Å². The van der Waals surface area contributed by atoms with E-state index in [2.05, 4.69) is 25.0 Å². The molecule has 0 unspecified atom stereocenters. The van der Waals surface area contributed by atoms with E-state index >= 15 is 0 Å². The summed E-state index contributed by atoms with van der Waals surface area (Å²) in [5, 5.41) is 14.9. The van der Waals surface area contributed by atoms with E-state index < -0.39 is 24.0 Å². The maximum Gasteiger partial charge on any atom is 0.228 e. The number of ether oxygens (including phenoxy) is 1. The zero-order valence-electron chi connectivity index (χ0n) is 19.2. The second-order valence-electron chi connectivity index (χ2n) is 9.03. The van der Waals surface area contributed by atoms with Crippen molar-refractivity contribution < 1.29 is 18.6 Å². The summed E-state index contributed by atoms with van der Waals surface area (Å²) in [5.41, 5.74) is 3.09. The van der Waals surface area contributed by atoms with Crippen LogP contribution in [0.4, 0.5) is 14.7 Å². The van der Waals surface area contributed by atoms with Crippen LogP contribution in [0.25, 0.3) is 22.4 Å². The Bertz CT molecular complexity index is 1440. The first-order chi connectivity index (χ1) is 16.9. The van der Waals surface area contributed by atoms with Gasteiger partial charge in [0.05, 0.1) is 36.7 Å². The van der Waals surface area contributed by atoms with Gasteiger partial charge in [-0.15, -0.1) is 0 Å². The molecule has 1 saturated heterocycles. The molecule has 11 heteroatoms. The average molecular weight is 479 g/mol. The average Bonchev–Trinajstić information content (AvgIpc) is 3.55. The fourth-order valence-corrected chi connectivity index (χ4v) is 4.26. The van der Waals surface area contributed by atoms with Crippen LogP contribution in [0.2, 0.25) is 0 Å². The van der Waals surface area contributed by atoms with Gasteiger partial charge in [-0.1, -0.05) is 0 Å². The Morgan fingerprint density at radius 1 is 1.03 bits per heavy atom. The summed E-state index contributed by atoms with van der Waals surface area (Å²) in [7, 11) is 0. The molecule has 2 fully saturated rings. The van der Waals surface area contributed by atoms with E-state index in [1.54, 1.807) is 18.0 Å². The lowest BCUT2D eigenvalue weighted by atomic mass is 10.1.